The van der Waals surface area contributed by atoms with Crippen LogP contribution in [0.25, 0.3) is 0 Å². The lowest BCUT2D eigenvalue weighted by molar-refractivity contribution is -0.122. The number of alkyl halides is 1. The van der Waals surface area contributed by atoms with Crippen LogP contribution in [-0.4, -0.2) is 30.0 Å². The molecule has 1 unspecified atom stereocenters. The van der Waals surface area contributed by atoms with Crippen molar-refractivity contribution in [2.75, 3.05) is 19.8 Å². The number of carbonyl (C=O) groups is 1. The third-order valence-electron chi connectivity index (χ3n) is 2.12. The summed E-state index contributed by atoms with van der Waals surface area (Å²) < 4.78 is 4.75. The monoisotopic (exact) mass is 249 g/mol. The Bertz CT molecular complexity index is 183. The zero-order valence-electron chi connectivity index (χ0n) is 8.10. The second kappa shape index (κ2) is 4.42. The van der Waals surface area contributed by atoms with Gasteiger partial charge < -0.3 is 10.1 Å². The summed E-state index contributed by atoms with van der Waals surface area (Å²) in [7, 11) is 0. The number of hydrogen-bond donors (Lipinski definition) is 1. The molecule has 3 nitrogen and oxygen atoms in total. The summed E-state index contributed by atoms with van der Waals surface area (Å²) in [6.45, 7) is 6.02. The van der Waals surface area contributed by atoms with Crippen molar-refractivity contribution in [3.8, 4) is 0 Å². The van der Waals surface area contributed by atoms with Gasteiger partial charge in [-0.1, -0.05) is 15.9 Å². The Kier molecular flexibility index (Phi) is 3.74. The summed E-state index contributed by atoms with van der Waals surface area (Å²) in [5, 5.41) is 2.90. The molecule has 0 aromatic rings. The topological polar surface area (TPSA) is 38.3 Å². The second-order valence-corrected chi connectivity index (χ2v) is 5.89. The van der Waals surface area contributed by atoms with E-state index in [1.54, 1.807) is 0 Å². The number of carbonyl (C=O) groups excluding carboxylic acids is 1. The Morgan fingerprint density at radius 3 is 2.85 bits per heavy atom. The number of hydrogen-bond acceptors (Lipinski definition) is 2. The van der Waals surface area contributed by atoms with Gasteiger partial charge in [-0.25, -0.2) is 0 Å². The molecule has 0 saturated carbocycles. The summed E-state index contributed by atoms with van der Waals surface area (Å²) in [4.78, 5) is 11.4. The molecule has 4 heteroatoms. The molecule has 1 amide bonds. The molecule has 1 saturated heterocycles. The fourth-order valence-electron chi connectivity index (χ4n) is 1.19. The highest BCUT2D eigenvalue weighted by atomic mass is 79.9. The molecule has 1 N–H and O–H groups in total. The molecule has 76 valence electrons. The molecule has 1 heterocycles. The third kappa shape index (κ3) is 3.65. The Balaban J connectivity index is 2.22. The van der Waals surface area contributed by atoms with Crippen LogP contribution >= 0.6 is 15.9 Å². The van der Waals surface area contributed by atoms with E-state index in [1.165, 1.54) is 0 Å². The van der Waals surface area contributed by atoms with E-state index in [0.717, 1.165) is 26.2 Å². The van der Waals surface area contributed by atoms with Crippen LogP contribution in [0.1, 0.15) is 20.3 Å². The maximum atomic E-state index is 11.4. The number of rotatable bonds is 3. The van der Waals surface area contributed by atoms with Gasteiger partial charge in [0.25, 0.3) is 0 Å². The third-order valence-corrected chi connectivity index (χ3v) is 2.48. The molecule has 1 aliphatic rings. The van der Waals surface area contributed by atoms with E-state index in [1.807, 2.05) is 13.8 Å². The van der Waals surface area contributed by atoms with Crippen LogP contribution in [0.4, 0.5) is 0 Å². The molecule has 13 heavy (non-hydrogen) atoms. The van der Waals surface area contributed by atoms with Gasteiger partial charge in [-0.15, -0.1) is 0 Å². The second-order valence-electron chi connectivity index (χ2n) is 3.91. The first-order chi connectivity index (χ1) is 6.00. The number of ether oxygens (including phenoxy) is 1. The Labute approximate surface area is 87.3 Å². The van der Waals surface area contributed by atoms with Gasteiger partial charge in [0.05, 0.1) is 10.9 Å². The average Bonchev–Trinajstić information content (AvgIpc) is 2.50. The van der Waals surface area contributed by atoms with Gasteiger partial charge >= 0.3 is 0 Å². The molecule has 0 aromatic heterocycles. The van der Waals surface area contributed by atoms with Crippen LogP contribution in [0.15, 0.2) is 0 Å². The number of nitrogens with one attached hydrogen (secondary N) is 1. The van der Waals surface area contributed by atoms with Gasteiger partial charge in [-0.3, -0.25) is 4.79 Å². The first-order valence-electron chi connectivity index (χ1n) is 4.55. The van der Waals surface area contributed by atoms with Crippen molar-refractivity contribution in [2.24, 2.45) is 5.92 Å². The van der Waals surface area contributed by atoms with Gasteiger partial charge in [0.2, 0.25) is 5.91 Å². The first kappa shape index (κ1) is 11.0. The predicted octanol–water partition coefficient (Wildman–Crippen LogP) is 1.31. The van der Waals surface area contributed by atoms with E-state index < -0.39 is 4.32 Å². The number of amides is 1. The van der Waals surface area contributed by atoms with Crippen molar-refractivity contribution in [1.82, 2.24) is 5.32 Å². The van der Waals surface area contributed by atoms with Crippen LogP contribution in [0.5, 0.6) is 0 Å². The molecule has 1 fully saturated rings. The molecular formula is C9H16BrNO2. The minimum atomic E-state index is -0.466. The molecule has 0 aromatic carbocycles. The minimum Gasteiger partial charge on any atom is -0.381 e. The zero-order chi connectivity index (χ0) is 9.90. The van der Waals surface area contributed by atoms with Crippen LogP contribution < -0.4 is 5.32 Å². The lowest BCUT2D eigenvalue weighted by Gasteiger charge is -2.17. The van der Waals surface area contributed by atoms with Gasteiger partial charge in [-0.05, 0) is 20.3 Å². The molecule has 0 aliphatic carbocycles. The summed E-state index contributed by atoms with van der Waals surface area (Å²) in [6.07, 6.45) is 1.06. The van der Waals surface area contributed by atoms with Crippen molar-refractivity contribution in [1.29, 1.82) is 0 Å². The van der Waals surface area contributed by atoms with Crippen molar-refractivity contribution < 1.29 is 9.53 Å². The molecular weight excluding hydrogens is 234 g/mol. The van der Waals surface area contributed by atoms with E-state index in [2.05, 4.69) is 21.2 Å². The SMILES string of the molecule is CC(C)(Br)C(=O)NCC1CCOC1. The normalized spacial score (nSPS) is 23.2. The van der Waals surface area contributed by atoms with Crippen molar-refractivity contribution >= 4 is 21.8 Å². The van der Waals surface area contributed by atoms with Gasteiger partial charge in [0.1, 0.15) is 0 Å². The Morgan fingerprint density at radius 1 is 1.69 bits per heavy atom. The zero-order valence-corrected chi connectivity index (χ0v) is 9.69. The maximum Gasteiger partial charge on any atom is 0.236 e. The van der Waals surface area contributed by atoms with E-state index in [0.29, 0.717) is 5.92 Å². The van der Waals surface area contributed by atoms with E-state index in [4.69, 9.17) is 4.74 Å². The van der Waals surface area contributed by atoms with E-state index in [-0.39, 0.29) is 5.91 Å². The predicted molar refractivity (Wildman–Crippen MR) is 54.9 cm³/mol. The average molecular weight is 250 g/mol. The quantitative estimate of drug-likeness (QED) is 0.767. The van der Waals surface area contributed by atoms with Crippen LogP contribution in [0.2, 0.25) is 0 Å². The van der Waals surface area contributed by atoms with Crippen molar-refractivity contribution in [3.63, 3.8) is 0 Å². The van der Waals surface area contributed by atoms with Crippen LogP contribution in [-0.2, 0) is 9.53 Å². The lowest BCUT2D eigenvalue weighted by atomic mass is 10.1. The lowest BCUT2D eigenvalue weighted by Crippen LogP contribution is -2.40. The fourth-order valence-corrected chi connectivity index (χ4v) is 1.33. The van der Waals surface area contributed by atoms with Crippen molar-refractivity contribution in [2.45, 2.75) is 24.6 Å². The fraction of sp³-hybridized carbons (Fsp3) is 0.889. The summed E-state index contributed by atoms with van der Waals surface area (Å²) in [5.41, 5.74) is 0. The molecule has 0 radical (unpaired) electrons. The number of halogens is 1. The molecule has 1 aliphatic heterocycles. The van der Waals surface area contributed by atoms with Gasteiger partial charge in [0.15, 0.2) is 0 Å². The maximum absolute atomic E-state index is 11.4. The van der Waals surface area contributed by atoms with Crippen LogP contribution in [0.3, 0.4) is 0 Å². The highest BCUT2D eigenvalue weighted by Gasteiger charge is 2.24. The van der Waals surface area contributed by atoms with E-state index in [9.17, 15) is 4.79 Å². The van der Waals surface area contributed by atoms with Gasteiger partial charge in [-0.2, -0.15) is 0 Å². The van der Waals surface area contributed by atoms with Crippen LogP contribution in [0, 0.1) is 5.92 Å². The largest absolute Gasteiger partial charge is 0.381 e. The smallest absolute Gasteiger partial charge is 0.236 e. The molecule has 1 rings (SSSR count). The highest BCUT2D eigenvalue weighted by molar-refractivity contribution is 9.10. The Hall–Kier alpha value is -0.0900. The molecule has 0 bridgehead atoms. The minimum absolute atomic E-state index is 0.0411. The standard InChI is InChI=1S/C9H16BrNO2/c1-9(2,10)8(12)11-5-7-3-4-13-6-7/h7H,3-6H2,1-2H3,(H,11,12). The Morgan fingerprint density at radius 2 is 2.38 bits per heavy atom. The molecule has 1 atom stereocenters. The van der Waals surface area contributed by atoms with E-state index >= 15 is 0 Å². The highest BCUT2D eigenvalue weighted by Crippen LogP contribution is 2.16. The van der Waals surface area contributed by atoms with Gasteiger partial charge in [0, 0.05) is 19.1 Å². The van der Waals surface area contributed by atoms with Crippen molar-refractivity contribution in [3.05, 3.63) is 0 Å². The summed E-state index contributed by atoms with van der Waals surface area (Å²) in [5.74, 6) is 0.540. The summed E-state index contributed by atoms with van der Waals surface area (Å²) >= 11 is 3.31. The summed E-state index contributed by atoms with van der Waals surface area (Å²) in [6, 6.07) is 0. The first-order valence-corrected chi connectivity index (χ1v) is 5.34. The molecule has 0 spiro atoms.